The molecule has 1 atom stereocenters. The summed E-state index contributed by atoms with van der Waals surface area (Å²) in [6.45, 7) is 3.51. The highest BCUT2D eigenvalue weighted by Gasteiger charge is 2.69. The molecule has 3 saturated carbocycles. The molecule has 0 aliphatic heterocycles. The van der Waals surface area contributed by atoms with Crippen LogP contribution in [0.15, 0.2) is 48.5 Å². The highest BCUT2D eigenvalue weighted by atomic mass is 32.2. The van der Waals surface area contributed by atoms with Crippen LogP contribution in [0.5, 0.6) is 0 Å². The van der Waals surface area contributed by atoms with Gasteiger partial charge in [0.2, 0.25) is 20.0 Å². The van der Waals surface area contributed by atoms with Crippen LogP contribution < -0.4 is 15.8 Å². The molecule has 33 heavy (non-hydrogen) atoms. The molecule has 1 unspecified atom stereocenters. The number of nitrogens with two attached hydrogens (primary N) is 1. The molecule has 2 aromatic rings. The Balaban J connectivity index is 1.39. The molecule has 0 saturated heterocycles. The van der Waals surface area contributed by atoms with Crippen molar-refractivity contribution in [1.29, 1.82) is 0 Å². The van der Waals surface area contributed by atoms with Crippen molar-refractivity contribution in [1.82, 2.24) is 13.7 Å². The maximum Gasteiger partial charge on any atom is 0.249 e. The van der Waals surface area contributed by atoms with Crippen molar-refractivity contribution in [2.45, 2.75) is 61.8 Å². The second-order valence-electron chi connectivity index (χ2n) is 9.91. The molecule has 0 radical (unpaired) electrons. The number of pyridine rings is 1. The minimum atomic E-state index is -3.81. The largest absolute Gasteiger partial charge is 0.399 e. The van der Waals surface area contributed by atoms with Crippen LogP contribution in [0.2, 0.25) is 0 Å². The first-order chi connectivity index (χ1) is 15.4. The maximum absolute atomic E-state index is 13.5. The van der Waals surface area contributed by atoms with Gasteiger partial charge >= 0.3 is 0 Å². The van der Waals surface area contributed by atoms with E-state index in [1.807, 2.05) is 13.0 Å². The van der Waals surface area contributed by atoms with E-state index in [1.54, 1.807) is 37.4 Å². The molecular weight excluding hydrogens is 462 g/mol. The van der Waals surface area contributed by atoms with Crippen molar-refractivity contribution in [3.05, 3.63) is 48.5 Å². The van der Waals surface area contributed by atoms with Crippen molar-refractivity contribution < 1.29 is 16.8 Å². The summed E-state index contributed by atoms with van der Waals surface area (Å²) in [5, 5.41) is 4.25. The molecule has 0 aromatic carbocycles. The summed E-state index contributed by atoms with van der Waals surface area (Å²) in [6.07, 6.45) is 11.2. The van der Waals surface area contributed by atoms with Gasteiger partial charge in [0.25, 0.3) is 0 Å². The van der Waals surface area contributed by atoms with E-state index in [9.17, 15) is 16.8 Å². The van der Waals surface area contributed by atoms with E-state index < -0.39 is 24.8 Å². The third-order valence-electron chi connectivity index (χ3n) is 6.98. The molecule has 4 N–H and O–H groups in total. The monoisotopic (exact) mass is 491 g/mol. The molecule has 178 valence electrons. The van der Waals surface area contributed by atoms with Gasteiger partial charge in [-0.3, -0.25) is 0 Å². The van der Waals surface area contributed by atoms with Crippen molar-refractivity contribution in [2.24, 2.45) is 5.73 Å². The number of nitrogens with zero attached hydrogens (tertiary/aromatic N) is 2. The first-order valence-electron chi connectivity index (χ1n) is 11.1. The lowest BCUT2D eigenvalue weighted by atomic mass is 9.44. The van der Waals surface area contributed by atoms with E-state index in [1.165, 1.54) is 10.2 Å². The smallest absolute Gasteiger partial charge is 0.249 e. The zero-order valence-corrected chi connectivity index (χ0v) is 20.3. The maximum atomic E-state index is 13.5. The number of rotatable bonds is 8. The van der Waals surface area contributed by atoms with Gasteiger partial charge in [0.05, 0.1) is 5.75 Å². The van der Waals surface area contributed by atoms with Gasteiger partial charge in [0.15, 0.2) is 5.65 Å². The van der Waals surface area contributed by atoms with E-state index in [0.717, 1.165) is 5.69 Å². The molecule has 2 bridgehead atoms. The van der Waals surface area contributed by atoms with Crippen molar-refractivity contribution in [2.75, 3.05) is 11.1 Å². The Morgan fingerprint density at radius 1 is 1.15 bits per heavy atom. The van der Waals surface area contributed by atoms with Gasteiger partial charge in [-0.1, -0.05) is 13.0 Å². The molecule has 2 heterocycles. The van der Waals surface area contributed by atoms with E-state index in [0.29, 0.717) is 48.8 Å². The van der Waals surface area contributed by atoms with Crippen LogP contribution in [-0.2, 0) is 20.0 Å². The normalized spacial score (nSPS) is 31.0. The Kier molecular flexibility index (Phi) is 4.80. The molecule has 3 fully saturated rings. The predicted octanol–water partition coefficient (Wildman–Crippen LogP) is 2.19. The van der Waals surface area contributed by atoms with Gasteiger partial charge in [-0.15, -0.1) is 0 Å². The van der Waals surface area contributed by atoms with Gasteiger partial charge in [-0.05, 0) is 63.3 Å². The zero-order valence-electron chi connectivity index (χ0n) is 18.7. The van der Waals surface area contributed by atoms with Crippen LogP contribution in [0.4, 0.5) is 5.69 Å². The summed E-state index contributed by atoms with van der Waals surface area (Å²) in [5.41, 5.74) is 6.93. The Hall–Kier alpha value is -2.37. The third-order valence-corrected chi connectivity index (χ3v) is 10.9. The number of hydrogen-bond donors (Lipinski definition) is 3. The number of sulfonamides is 1. The number of nitrogens with one attached hydrogen (secondary N) is 2. The fourth-order valence-electron chi connectivity index (χ4n) is 5.58. The number of aromatic nitrogens is 2. The summed E-state index contributed by atoms with van der Waals surface area (Å²) >= 11 is 0. The molecule has 2 aromatic heterocycles. The van der Waals surface area contributed by atoms with E-state index >= 15 is 0 Å². The fraction of sp³-hybridized carbons (Fsp3) is 0.500. The minimum absolute atomic E-state index is 0.137. The minimum Gasteiger partial charge on any atom is -0.399 e. The highest BCUT2D eigenvalue weighted by molar-refractivity contribution is 7.91. The number of hydrogen-bond acceptors (Lipinski definition) is 7. The summed E-state index contributed by atoms with van der Waals surface area (Å²) in [7, 11) is -7.07. The molecule has 6 rings (SSSR count). The molecule has 4 aliphatic rings. The highest BCUT2D eigenvalue weighted by Crippen LogP contribution is 2.62. The molecular formula is C22H29N5O4S2. The number of fused-ring (bicyclic) bond motifs is 1. The Bertz CT molecular complexity index is 1390. The quantitative estimate of drug-likeness (QED) is 0.515. The van der Waals surface area contributed by atoms with Crippen LogP contribution >= 0.6 is 0 Å². The third kappa shape index (κ3) is 3.48. The fourth-order valence-corrected chi connectivity index (χ4v) is 8.73. The molecule has 4 aliphatic carbocycles. The van der Waals surface area contributed by atoms with Gasteiger partial charge in [0.1, 0.15) is 4.75 Å². The SMILES string of the molecule is CCCS(=O)(=O)NC12CC(Nc3ccnc4c3ccn4S(=O)(=O)C3(C)C=C(N)C=CC3)(C1)C2. The second-order valence-corrected chi connectivity index (χ2v) is 14.0. The van der Waals surface area contributed by atoms with Crippen LogP contribution in [0, 0.1) is 0 Å². The lowest BCUT2D eigenvalue weighted by molar-refractivity contribution is -0.0454. The van der Waals surface area contributed by atoms with Gasteiger partial charge in [0, 0.05) is 40.2 Å². The summed E-state index contributed by atoms with van der Waals surface area (Å²) < 4.78 is 54.3. The molecule has 9 nitrogen and oxygen atoms in total. The summed E-state index contributed by atoms with van der Waals surface area (Å²) in [5.74, 6) is 0.137. The number of allylic oxidation sites excluding steroid dienone is 2. The van der Waals surface area contributed by atoms with Crippen molar-refractivity contribution in [3.63, 3.8) is 0 Å². The first kappa shape index (κ1) is 22.4. The Morgan fingerprint density at radius 2 is 1.88 bits per heavy atom. The summed E-state index contributed by atoms with van der Waals surface area (Å²) in [6, 6.07) is 3.58. The van der Waals surface area contributed by atoms with Gasteiger partial charge < -0.3 is 11.1 Å². The van der Waals surface area contributed by atoms with Crippen LogP contribution in [0.3, 0.4) is 0 Å². The van der Waals surface area contributed by atoms with E-state index in [-0.39, 0.29) is 16.8 Å². The van der Waals surface area contributed by atoms with Gasteiger partial charge in [-0.2, -0.15) is 0 Å². The Morgan fingerprint density at radius 3 is 2.55 bits per heavy atom. The van der Waals surface area contributed by atoms with Crippen molar-refractivity contribution in [3.8, 4) is 0 Å². The Labute approximate surface area is 194 Å². The number of anilines is 1. The van der Waals surface area contributed by atoms with Crippen LogP contribution in [0.25, 0.3) is 11.0 Å². The first-order valence-corrected chi connectivity index (χ1v) is 14.2. The van der Waals surface area contributed by atoms with Crippen LogP contribution in [-0.4, -0.2) is 47.4 Å². The second kappa shape index (κ2) is 7.07. The average molecular weight is 492 g/mol. The van der Waals surface area contributed by atoms with Crippen molar-refractivity contribution >= 4 is 36.8 Å². The van der Waals surface area contributed by atoms with Gasteiger partial charge in [-0.25, -0.2) is 30.5 Å². The van der Waals surface area contributed by atoms with E-state index in [4.69, 9.17) is 5.73 Å². The average Bonchev–Trinajstić information content (AvgIpc) is 3.10. The lowest BCUT2D eigenvalue weighted by Crippen LogP contribution is -2.81. The van der Waals surface area contributed by atoms with E-state index in [2.05, 4.69) is 15.0 Å². The molecule has 0 spiro atoms. The topological polar surface area (TPSA) is 136 Å². The summed E-state index contributed by atoms with van der Waals surface area (Å²) in [4.78, 5) is 4.36. The standard InChI is InChI=1S/C22H29N5O4S2/c1-3-11-32(28,29)26-22-13-21(14-22,15-22)25-18-6-9-24-19-17(18)7-10-27(19)33(30,31)20(2)8-4-5-16(23)12-20/h4-7,9-10,12,26H,3,8,11,13-15,23H2,1-2H3,(H,24,25). The molecule has 11 heteroatoms. The lowest BCUT2D eigenvalue weighted by Gasteiger charge is -2.70. The van der Waals surface area contributed by atoms with Crippen LogP contribution in [0.1, 0.15) is 46.0 Å². The predicted molar refractivity (Wildman–Crippen MR) is 129 cm³/mol. The zero-order chi connectivity index (χ0) is 23.7. The molecule has 0 amide bonds.